The molecule has 2 fully saturated rings. The third-order valence-electron chi connectivity index (χ3n) is 6.54. The van der Waals surface area contributed by atoms with E-state index < -0.39 is 41.6 Å². The van der Waals surface area contributed by atoms with E-state index in [2.05, 4.69) is 36.9 Å². The van der Waals surface area contributed by atoms with Gasteiger partial charge in [0.05, 0.1) is 17.1 Å². The molecule has 0 spiro atoms. The van der Waals surface area contributed by atoms with Gasteiger partial charge in [-0.3, -0.25) is 14.4 Å². The zero-order valence-corrected chi connectivity index (χ0v) is 20.9. The molecule has 11 heteroatoms. The smallest absolute Gasteiger partial charge is 0.328 e. The van der Waals surface area contributed by atoms with Gasteiger partial charge in [-0.2, -0.15) is 0 Å². The Labute approximate surface area is 210 Å². The van der Waals surface area contributed by atoms with Crippen molar-refractivity contribution in [2.24, 2.45) is 11.8 Å². The summed E-state index contributed by atoms with van der Waals surface area (Å²) in [5.41, 5.74) is 0.623. The van der Waals surface area contributed by atoms with Crippen LogP contribution in [0.3, 0.4) is 0 Å². The molecule has 1 aliphatic carbocycles. The van der Waals surface area contributed by atoms with Crippen molar-refractivity contribution in [1.82, 2.24) is 20.9 Å². The monoisotopic (exact) mass is 550 g/mol. The summed E-state index contributed by atoms with van der Waals surface area (Å²) < 4.78 is 18.9. The molecule has 1 saturated carbocycles. The molecule has 35 heavy (non-hydrogen) atoms. The van der Waals surface area contributed by atoms with Crippen molar-refractivity contribution in [3.05, 3.63) is 34.2 Å². The van der Waals surface area contributed by atoms with Crippen molar-refractivity contribution >= 4 is 50.5 Å². The fraction of sp³-hybridized carbons (Fsp3) is 0.500. The number of esters is 1. The predicted molar refractivity (Wildman–Crippen MR) is 129 cm³/mol. The Morgan fingerprint density at radius 2 is 1.94 bits per heavy atom. The van der Waals surface area contributed by atoms with E-state index in [1.165, 1.54) is 13.2 Å². The number of carbonyl (C=O) groups excluding carboxylic acids is 4. The number of ether oxygens (including phenoxy) is 1. The summed E-state index contributed by atoms with van der Waals surface area (Å²) in [5, 5.41) is 8.86. The van der Waals surface area contributed by atoms with E-state index >= 15 is 0 Å². The minimum absolute atomic E-state index is 0.121. The molecule has 4 rings (SSSR count). The number of halogens is 2. The highest BCUT2D eigenvalue weighted by molar-refractivity contribution is 9.10. The van der Waals surface area contributed by atoms with Crippen molar-refractivity contribution in [1.29, 1.82) is 0 Å². The van der Waals surface area contributed by atoms with Crippen LogP contribution < -0.4 is 16.0 Å². The average Bonchev–Trinajstić information content (AvgIpc) is 3.55. The Morgan fingerprint density at radius 3 is 2.63 bits per heavy atom. The molecule has 2 aromatic rings. The molecule has 4 N–H and O–H groups in total. The molecule has 1 aromatic carbocycles. The maximum absolute atomic E-state index is 13.9. The van der Waals surface area contributed by atoms with Crippen LogP contribution in [-0.2, 0) is 19.1 Å². The molecular formula is C24H28BrFN4O5. The third kappa shape index (κ3) is 6.01. The second-order valence-corrected chi connectivity index (χ2v) is 9.96. The van der Waals surface area contributed by atoms with Gasteiger partial charge in [0, 0.05) is 17.8 Å². The summed E-state index contributed by atoms with van der Waals surface area (Å²) in [5.74, 6) is -2.39. The molecule has 2 aliphatic rings. The molecule has 0 bridgehead atoms. The van der Waals surface area contributed by atoms with E-state index in [9.17, 15) is 23.6 Å². The summed E-state index contributed by atoms with van der Waals surface area (Å²) in [6.45, 7) is 0.594. The molecular weight excluding hydrogens is 523 g/mol. The maximum atomic E-state index is 13.9. The van der Waals surface area contributed by atoms with Gasteiger partial charge in [-0.25, -0.2) is 9.18 Å². The standard InChI is InChI=1S/C24H28BrFN4O5/c1-35-24(34)18(11-14-3-2-8-27-21(14)31)30-22(32)16(9-12-4-5-12)29-23(33)17-10-13-6-7-15(26)19(25)20(13)28-17/h6-7,10,12,14,16,18,28H,2-5,8-9,11H2,1H3,(H,27,31)(H,29,33)(H,30,32)/t14-,16-,18-/m0/s1. The molecule has 1 aromatic heterocycles. The number of methoxy groups -OCH3 is 1. The summed E-state index contributed by atoms with van der Waals surface area (Å²) in [6.07, 6.45) is 3.88. The first-order valence-corrected chi connectivity index (χ1v) is 12.5. The van der Waals surface area contributed by atoms with E-state index in [0.717, 1.165) is 19.3 Å². The predicted octanol–water partition coefficient (Wildman–Crippen LogP) is 2.54. The first-order valence-electron chi connectivity index (χ1n) is 11.7. The number of piperidine rings is 1. The van der Waals surface area contributed by atoms with Crippen LogP contribution in [0.4, 0.5) is 4.39 Å². The zero-order chi connectivity index (χ0) is 25.1. The second-order valence-electron chi connectivity index (χ2n) is 9.16. The van der Waals surface area contributed by atoms with Gasteiger partial charge in [0.25, 0.3) is 5.91 Å². The molecule has 0 unspecified atom stereocenters. The van der Waals surface area contributed by atoms with Gasteiger partial charge in [0.15, 0.2) is 0 Å². The average molecular weight is 551 g/mol. The minimum atomic E-state index is -1.01. The number of aromatic amines is 1. The van der Waals surface area contributed by atoms with Gasteiger partial charge in [0.2, 0.25) is 11.8 Å². The number of fused-ring (bicyclic) bond motifs is 1. The Bertz CT molecular complexity index is 1150. The Morgan fingerprint density at radius 1 is 1.17 bits per heavy atom. The van der Waals surface area contributed by atoms with Gasteiger partial charge < -0.3 is 25.7 Å². The Balaban J connectivity index is 1.48. The molecule has 0 radical (unpaired) electrons. The van der Waals surface area contributed by atoms with Gasteiger partial charge in [-0.1, -0.05) is 12.8 Å². The van der Waals surface area contributed by atoms with Crippen LogP contribution in [-0.4, -0.2) is 54.4 Å². The largest absolute Gasteiger partial charge is 0.467 e. The summed E-state index contributed by atoms with van der Waals surface area (Å²) in [7, 11) is 1.22. The lowest BCUT2D eigenvalue weighted by Crippen LogP contribution is -2.53. The lowest BCUT2D eigenvalue weighted by Gasteiger charge is -2.27. The molecule has 3 amide bonds. The third-order valence-corrected chi connectivity index (χ3v) is 7.32. The quantitative estimate of drug-likeness (QED) is 0.356. The maximum Gasteiger partial charge on any atom is 0.328 e. The second kappa shape index (κ2) is 10.8. The highest BCUT2D eigenvalue weighted by atomic mass is 79.9. The van der Waals surface area contributed by atoms with Crippen LogP contribution in [0.25, 0.3) is 10.9 Å². The minimum Gasteiger partial charge on any atom is -0.467 e. The topological polar surface area (TPSA) is 129 Å². The summed E-state index contributed by atoms with van der Waals surface area (Å²) in [6, 6.07) is 2.55. The van der Waals surface area contributed by atoms with Gasteiger partial charge in [0.1, 0.15) is 23.6 Å². The normalized spacial score (nSPS) is 19.5. The number of hydrogen-bond acceptors (Lipinski definition) is 5. The Kier molecular flexibility index (Phi) is 7.73. The highest BCUT2D eigenvalue weighted by Gasteiger charge is 2.35. The molecule has 9 nitrogen and oxygen atoms in total. The molecule has 3 atom stereocenters. The SMILES string of the molecule is COC(=O)[C@H](C[C@@H]1CCCNC1=O)NC(=O)[C@H](CC1CC1)NC(=O)c1cc2ccc(F)c(Br)c2[nH]1. The van der Waals surface area contributed by atoms with Crippen LogP contribution in [0.5, 0.6) is 0 Å². The van der Waals surface area contributed by atoms with Crippen LogP contribution in [0.2, 0.25) is 0 Å². The number of amides is 3. The fourth-order valence-electron chi connectivity index (χ4n) is 4.39. The van der Waals surface area contributed by atoms with Gasteiger partial charge >= 0.3 is 5.97 Å². The number of nitrogens with one attached hydrogen (secondary N) is 4. The zero-order valence-electron chi connectivity index (χ0n) is 19.3. The van der Waals surface area contributed by atoms with E-state index in [4.69, 9.17) is 4.74 Å². The van der Waals surface area contributed by atoms with E-state index in [-0.39, 0.29) is 22.5 Å². The number of hydrogen-bond donors (Lipinski definition) is 4. The lowest BCUT2D eigenvalue weighted by molar-refractivity contribution is -0.146. The van der Waals surface area contributed by atoms with Gasteiger partial charge in [-0.15, -0.1) is 0 Å². The van der Waals surface area contributed by atoms with Crippen molar-refractivity contribution in [2.45, 2.75) is 50.6 Å². The number of rotatable bonds is 9. The van der Waals surface area contributed by atoms with Crippen molar-refractivity contribution in [3.63, 3.8) is 0 Å². The molecule has 1 aliphatic heterocycles. The first-order chi connectivity index (χ1) is 16.8. The summed E-state index contributed by atoms with van der Waals surface area (Å²) in [4.78, 5) is 53.6. The number of aromatic nitrogens is 1. The molecule has 1 saturated heterocycles. The number of benzene rings is 1. The summed E-state index contributed by atoms with van der Waals surface area (Å²) >= 11 is 3.18. The lowest BCUT2D eigenvalue weighted by atomic mass is 9.91. The Hall–Kier alpha value is -2.95. The van der Waals surface area contributed by atoms with Crippen LogP contribution in [0, 0.1) is 17.7 Å². The number of H-pyrrole nitrogens is 1. The van der Waals surface area contributed by atoms with E-state index in [1.54, 1.807) is 12.1 Å². The van der Waals surface area contributed by atoms with E-state index in [1.807, 2.05) is 0 Å². The van der Waals surface area contributed by atoms with Crippen molar-refractivity contribution < 1.29 is 28.3 Å². The van der Waals surface area contributed by atoms with Gasteiger partial charge in [-0.05, 0) is 65.7 Å². The van der Waals surface area contributed by atoms with Crippen LogP contribution in [0.15, 0.2) is 22.7 Å². The first kappa shape index (κ1) is 25.2. The number of carbonyl (C=O) groups is 4. The van der Waals surface area contributed by atoms with Crippen LogP contribution >= 0.6 is 15.9 Å². The fourth-order valence-corrected chi connectivity index (χ4v) is 4.85. The van der Waals surface area contributed by atoms with Crippen LogP contribution in [0.1, 0.15) is 49.0 Å². The van der Waals surface area contributed by atoms with E-state index in [0.29, 0.717) is 36.2 Å². The molecule has 188 valence electrons. The van der Waals surface area contributed by atoms with Crippen molar-refractivity contribution in [3.8, 4) is 0 Å². The highest BCUT2D eigenvalue weighted by Crippen LogP contribution is 2.34. The van der Waals surface area contributed by atoms with Crippen molar-refractivity contribution in [2.75, 3.05) is 13.7 Å². The molecule has 2 heterocycles.